The minimum atomic E-state index is -3.04. The van der Waals surface area contributed by atoms with E-state index < -0.39 is 18.3 Å². The molecule has 0 heterocycles. The second-order valence-corrected chi connectivity index (χ2v) is 4.41. The van der Waals surface area contributed by atoms with Crippen LogP contribution in [0.4, 0.5) is 18.9 Å². The average Bonchev–Trinajstić information content (AvgIpc) is 2.41. The molecule has 0 saturated carbocycles. The van der Waals surface area contributed by atoms with E-state index in [1.165, 1.54) is 24.3 Å². The highest BCUT2D eigenvalue weighted by molar-refractivity contribution is 5.47. The maximum absolute atomic E-state index is 13.9. The Kier molecular flexibility index (Phi) is 3.79. The predicted molar refractivity (Wildman–Crippen MR) is 70.0 cm³/mol. The van der Waals surface area contributed by atoms with Crippen LogP contribution in [0.5, 0.6) is 0 Å². The van der Waals surface area contributed by atoms with Crippen LogP contribution in [0.2, 0.25) is 0 Å². The van der Waals surface area contributed by atoms with E-state index in [9.17, 15) is 13.2 Å². The van der Waals surface area contributed by atoms with Crippen molar-refractivity contribution >= 4 is 5.69 Å². The topological polar surface area (TPSA) is 12.0 Å². The molecule has 4 heteroatoms. The second kappa shape index (κ2) is 5.34. The average molecular weight is 265 g/mol. The van der Waals surface area contributed by atoms with Gasteiger partial charge in [-0.25, -0.2) is 4.39 Å². The molecule has 0 aromatic heterocycles. The van der Waals surface area contributed by atoms with Crippen LogP contribution in [0.15, 0.2) is 48.5 Å². The van der Waals surface area contributed by atoms with Crippen LogP contribution >= 0.6 is 0 Å². The fourth-order valence-corrected chi connectivity index (χ4v) is 1.76. The number of benzene rings is 2. The molecular weight excluding hydrogens is 251 g/mol. The van der Waals surface area contributed by atoms with Crippen molar-refractivity contribution in [2.45, 2.75) is 12.8 Å². The minimum Gasteiger partial charge on any atom is -0.376 e. The lowest BCUT2D eigenvalue weighted by Crippen LogP contribution is -2.25. The Balaban J connectivity index is 2.12. The van der Waals surface area contributed by atoms with Crippen LogP contribution in [-0.2, 0) is 5.92 Å². The third kappa shape index (κ3) is 3.28. The molecule has 0 aliphatic heterocycles. The third-order valence-corrected chi connectivity index (χ3v) is 2.82. The van der Waals surface area contributed by atoms with Gasteiger partial charge in [-0.1, -0.05) is 36.4 Å². The molecule has 0 fully saturated rings. The summed E-state index contributed by atoms with van der Waals surface area (Å²) in [6, 6.07) is 11.9. The van der Waals surface area contributed by atoms with E-state index in [0.717, 1.165) is 5.56 Å². The van der Waals surface area contributed by atoms with Crippen LogP contribution < -0.4 is 5.32 Å². The normalized spacial score (nSPS) is 11.4. The molecule has 0 radical (unpaired) electrons. The lowest BCUT2D eigenvalue weighted by Gasteiger charge is -2.18. The first-order valence-corrected chi connectivity index (χ1v) is 5.92. The zero-order chi connectivity index (χ0) is 13.9. The summed E-state index contributed by atoms with van der Waals surface area (Å²) < 4.78 is 41.2. The molecule has 0 unspecified atom stereocenters. The highest BCUT2D eigenvalue weighted by Gasteiger charge is 2.31. The molecule has 2 rings (SSSR count). The van der Waals surface area contributed by atoms with Gasteiger partial charge >= 0.3 is 0 Å². The monoisotopic (exact) mass is 265 g/mol. The van der Waals surface area contributed by atoms with Crippen molar-refractivity contribution < 1.29 is 13.2 Å². The van der Waals surface area contributed by atoms with Gasteiger partial charge in [0.05, 0.1) is 12.2 Å². The van der Waals surface area contributed by atoms with E-state index >= 15 is 0 Å². The van der Waals surface area contributed by atoms with E-state index in [1.54, 1.807) is 31.2 Å². The van der Waals surface area contributed by atoms with E-state index in [0.29, 0.717) is 0 Å². The summed E-state index contributed by atoms with van der Waals surface area (Å²) >= 11 is 0. The summed E-state index contributed by atoms with van der Waals surface area (Å²) in [5.41, 5.74) is 0.818. The maximum atomic E-state index is 13.9. The molecule has 100 valence electrons. The third-order valence-electron chi connectivity index (χ3n) is 2.82. The van der Waals surface area contributed by atoms with Gasteiger partial charge in [0.2, 0.25) is 0 Å². The van der Waals surface area contributed by atoms with E-state index in [-0.39, 0.29) is 11.3 Å². The molecule has 0 aliphatic rings. The molecule has 0 saturated heterocycles. The van der Waals surface area contributed by atoms with Gasteiger partial charge < -0.3 is 5.32 Å². The first kappa shape index (κ1) is 13.5. The molecule has 1 N–H and O–H groups in total. The summed E-state index contributed by atoms with van der Waals surface area (Å²) in [5, 5.41) is 2.47. The minimum absolute atomic E-state index is 0.0874. The molecule has 1 nitrogen and oxygen atoms in total. The van der Waals surface area contributed by atoms with Gasteiger partial charge in [-0.2, -0.15) is 8.78 Å². The standard InChI is InChI=1S/C15H14F3N/c1-11-7-8-13(16)14(9-11)19-10-15(17,18)12-5-3-2-4-6-12/h2-9,19H,10H2,1H3. The van der Waals surface area contributed by atoms with Gasteiger partial charge in [-0.15, -0.1) is 0 Å². The van der Waals surface area contributed by atoms with Crippen molar-refractivity contribution in [3.05, 3.63) is 65.5 Å². The summed E-state index contributed by atoms with van der Waals surface area (Å²) in [5.74, 6) is -3.58. The maximum Gasteiger partial charge on any atom is 0.290 e. The number of alkyl halides is 2. The molecule has 2 aromatic rings. The summed E-state index contributed by atoms with van der Waals surface area (Å²) in [4.78, 5) is 0. The van der Waals surface area contributed by atoms with Crippen molar-refractivity contribution in [2.75, 3.05) is 11.9 Å². The number of hydrogen-bond donors (Lipinski definition) is 1. The molecule has 2 aromatic carbocycles. The molecular formula is C15H14F3N. The summed E-state index contributed by atoms with van der Waals surface area (Å²) in [6.07, 6.45) is 0. The molecule has 0 aliphatic carbocycles. The van der Waals surface area contributed by atoms with E-state index in [4.69, 9.17) is 0 Å². The van der Waals surface area contributed by atoms with Crippen molar-refractivity contribution in [3.8, 4) is 0 Å². The largest absolute Gasteiger partial charge is 0.376 e. The van der Waals surface area contributed by atoms with Gasteiger partial charge in [-0.05, 0) is 24.6 Å². The van der Waals surface area contributed by atoms with Crippen LogP contribution in [0.3, 0.4) is 0 Å². The van der Waals surface area contributed by atoms with Crippen LogP contribution in [0.1, 0.15) is 11.1 Å². The van der Waals surface area contributed by atoms with Gasteiger partial charge in [0, 0.05) is 5.56 Å². The smallest absolute Gasteiger partial charge is 0.290 e. The zero-order valence-corrected chi connectivity index (χ0v) is 10.5. The molecule has 19 heavy (non-hydrogen) atoms. The van der Waals surface area contributed by atoms with E-state index in [1.807, 2.05) is 0 Å². The number of halogens is 3. The Labute approximate surface area is 110 Å². The van der Waals surface area contributed by atoms with Crippen LogP contribution in [0, 0.1) is 12.7 Å². The lowest BCUT2D eigenvalue weighted by atomic mass is 10.1. The Bertz CT molecular complexity index is 553. The molecule has 0 spiro atoms. The van der Waals surface area contributed by atoms with Crippen molar-refractivity contribution in [1.82, 2.24) is 0 Å². The van der Waals surface area contributed by atoms with Crippen LogP contribution in [-0.4, -0.2) is 6.54 Å². The quantitative estimate of drug-likeness (QED) is 0.867. The Morgan fingerprint density at radius 3 is 2.42 bits per heavy atom. The Morgan fingerprint density at radius 1 is 1.05 bits per heavy atom. The first-order chi connectivity index (χ1) is 8.99. The fraction of sp³-hybridized carbons (Fsp3) is 0.200. The zero-order valence-electron chi connectivity index (χ0n) is 10.5. The van der Waals surface area contributed by atoms with Gasteiger partial charge in [0.1, 0.15) is 5.82 Å². The SMILES string of the molecule is Cc1ccc(F)c(NCC(F)(F)c2ccccc2)c1. The highest BCUT2D eigenvalue weighted by Crippen LogP contribution is 2.28. The number of nitrogens with one attached hydrogen (secondary N) is 1. The first-order valence-electron chi connectivity index (χ1n) is 5.92. The fourth-order valence-electron chi connectivity index (χ4n) is 1.76. The van der Waals surface area contributed by atoms with Crippen molar-refractivity contribution in [3.63, 3.8) is 0 Å². The number of rotatable bonds is 4. The lowest BCUT2D eigenvalue weighted by molar-refractivity contribution is 0.0106. The van der Waals surface area contributed by atoms with Crippen molar-refractivity contribution in [1.29, 1.82) is 0 Å². The number of hydrogen-bond acceptors (Lipinski definition) is 1. The second-order valence-electron chi connectivity index (χ2n) is 4.41. The highest BCUT2D eigenvalue weighted by atomic mass is 19.3. The number of anilines is 1. The molecule has 0 bridgehead atoms. The van der Waals surface area contributed by atoms with Gasteiger partial charge in [0.15, 0.2) is 0 Å². The summed E-state index contributed by atoms with van der Waals surface area (Å²) in [6.45, 7) is 1.14. The Morgan fingerprint density at radius 2 is 1.74 bits per heavy atom. The molecule has 0 amide bonds. The van der Waals surface area contributed by atoms with E-state index in [2.05, 4.69) is 5.32 Å². The molecule has 0 atom stereocenters. The summed E-state index contributed by atoms with van der Waals surface area (Å²) in [7, 11) is 0. The number of aryl methyl sites for hydroxylation is 1. The predicted octanol–water partition coefficient (Wildman–Crippen LogP) is 4.34. The van der Waals surface area contributed by atoms with Gasteiger partial charge in [-0.3, -0.25) is 0 Å². The van der Waals surface area contributed by atoms with Crippen LogP contribution in [0.25, 0.3) is 0 Å². The Hall–Kier alpha value is -1.97. The van der Waals surface area contributed by atoms with Crippen molar-refractivity contribution in [2.24, 2.45) is 0 Å². The van der Waals surface area contributed by atoms with Gasteiger partial charge in [0.25, 0.3) is 5.92 Å².